The van der Waals surface area contributed by atoms with Crippen LogP contribution in [0.15, 0.2) is 36.4 Å². The lowest BCUT2D eigenvalue weighted by atomic mass is 10.1. The van der Waals surface area contributed by atoms with E-state index in [0.29, 0.717) is 5.75 Å². The van der Waals surface area contributed by atoms with Crippen LogP contribution < -0.4 is 5.32 Å². The smallest absolute Gasteiger partial charge is 0.123 e. The molecule has 0 saturated heterocycles. The molecule has 0 saturated carbocycles. The second-order valence-electron chi connectivity index (χ2n) is 4.08. The van der Waals surface area contributed by atoms with Crippen molar-refractivity contribution in [1.29, 1.82) is 0 Å². The van der Waals surface area contributed by atoms with E-state index in [-0.39, 0.29) is 5.75 Å². The third-order valence-electron chi connectivity index (χ3n) is 2.78. The average molecular weight is 229 g/mol. The van der Waals surface area contributed by atoms with E-state index in [1.54, 1.807) is 24.3 Å². The fourth-order valence-electron chi connectivity index (χ4n) is 1.67. The molecule has 0 amide bonds. The number of nitrogens with one attached hydrogen (secondary N) is 1. The molecule has 0 radical (unpaired) electrons. The Labute approximate surface area is 100 Å². The van der Waals surface area contributed by atoms with Crippen LogP contribution in [0.4, 0.5) is 11.4 Å². The van der Waals surface area contributed by atoms with E-state index >= 15 is 0 Å². The summed E-state index contributed by atoms with van der Waals surface area (Å²) in [5.41, 5.74) is 3.41. The first-order valence-electron chi connectivity index (χ1n) is 5.43. The highest BCUT2D eigenvalue weighted by atomic mass is 16.3. The molecule has 0 aromatic heterocycles. The van der Waals surface area contributed by atoms with Crippen molar-refractivity contribution in [2.24, 2.45) is 0 Å². The Morgan fingerprint density at radius 3 is 2.18 bits per heavy atom. The van der Waals surface area contributed by atoms with Gasteiger partial charge >= 0.3 is 0 Å². The van der Waals surface area contributed by atoms with Crippen molar-refractivity contribution in [2.75, 3.05) is 5.32 Å². The molecule has 3 N–H and O–H groups in total. The SMILES string of the molecule is Cc1ccc(Nc2ccc(O)cc2)c(C)c1O. The van der Waals surface area contributed by atoms with Gasteiger partial charge < -0.3 is 15.5 Å². The lowest BCUT2D eigenvalue weighted by Gasteiger charge is -2.12. The van der Waals surface area contributed by atoms with Gasteiger partial charge in [0, 0.05) is 16.9 Å². The highest BCUT2D eigenvalue weighted by Gasteiger charge is 2.06. The van der Waals surface area contributed by atoms with E-state index in [1.165, 1.54) is 0 Å². The summed E-state index contributed by atoms with van der Waals surface area (Å²) in [5.74, 6) is 0.549. The van der Waals surface area contributed by atoms with Gasteiger partial charge in [-0.25, -0.2) is 0 Å². The molecule has 3 heteroatoms. The Balaban J connectivity index is 2.30. The first-order valence-corrected chi connectivity index (χ1v) is 5.43. The Hall–Kier alpha value is -2.16. The van der Waals surface area contributed by atoms with Crippen LogP contribution in [0.3, 0.4) is 0 Å². The van der Waals surface area contributed by atoms with Crippen molar-refractivity contribution in [2.45, 2.75) is 13.8 Å². The number of phenolic OH excluding ortho intramolecular Hbond substituents is 2. The lowest BCUT2D eigenvalue weighted by molar-refractivity contribution is 0.467. The van der Waals surface area contributed by atoms with Crippen LogP contribution in [0.1, 0.15) is 11.1 Å². The van der Waals surface area contributed by atoms with Gasteiger partial charge in [0.25, 0.3) is 0 Å². The third-order valence-corrected chi connectivity index (χ3v) is 2.78. The van der Waals surface area contributed by atoms with Gasteiger partial charge in [0.2, 0.25) is 0 Å². The predicted molar refractivity (Wildman–Crippen MR) is 69.0 cm³/mol. The van der Waals surface area contributed by atoms with E-state index in [4.69, 9.17) is 0 Å². The fraction of sp³-hybridized carbons (Fsp3) is 0.143. The van der Waals surface area contributed by atoms with Crippen LogP contribution in [0.25, 0.3) is 0 Å². The van der Waals surface area contributed by atoms with Gasteiger partial charge in [0.15, 0.2) is 0 Å². The molecule has 2 aromatic carbocycles. The molecular weight excluding hydrogens is 214 g/mol. The molecule has 0 spiro atoms. The monoisotopic (exact) mass is 229 g/mol. The standard InChI is InChI=1S/C14H15NO2/c1-9-3-8-13(10(2)14(9)17)15-11-4-6-12(16)7-5-11/h3-8,15-17H,1-2H3. The molecule has 3 nitrogen and oxygen atoms in total. The summed E-state index contributed by atoms with van der Waals surface area (Å²) in [6.07, 6.45) is 0. The first kappa shape index (κ1) is 11.3. The van der Waals surface area contributed by atoms with Crippen LogP contribution in [0.2, 0.25) is 0 Å². The number of aryl methyl sites for hydroxylation is 1. The lowest BCUT2D eigenvalue weighted by Crippen LogP contribution is -1.94. The maximum atomic E-state index is 9.83. The number of hydrogen-bond acceptors (Lipinski definition) is 3. The summed E-state index contributed by atoms with van der Waals surface area (Å²) in [6, 6.07) is 10.6. The van der Waals surface area contributed by atoms with Crippen molar-refractivity contribution in [3.63, 3.8) is 0 Å². The predicted octanol–water partition coefficient (Wildman–Crippen LogP) is 3.46. The van der Waals surface area contributed by atoms with Gasteiger partial charge in [0.05, 0.1) is 0 Å². The Bertz CT molecular complexity index is 533. The van der Waals surface area contributed by atoms with Crippen molar-refractivity contribution in [1.82, 2.24) is 0 Å². The topological polar surface area (TPSA) is 52.5 Å². The third kappa shape index (κ3) is 2.33. The Kier molecular flexibility index (Phi) is 2.91. The number of phenols is 2. The Morgan fingerprint density at radius 1 is 0.882 bits per heavy atom. The largest absolute Gasteiger partial charge is 0.508 e. The van der Waals surface area contributed by atoms with Gasteiger partial charge in [-0.1, -0.05) is 6.07 Å². The molecule has 0 atom stereocenters. The molecule has 2 aromatic rings. The van der Waals surface area contributed by atoms with Crippen molar-refractivity contribution in [3.8, 4) is 11.5 Å². The number of rotatable bonds is 2. The summed E-state index contributed by atoms with van der Waals surface area (Å²) >= 11 is 0. The quantitative estimate of drug-likeness (QED) is 0.691. The highest BCUT2D eigenvalue weighted by molar-refractivity contribution is 5.67. The van der Waals surface area contributed by atoms with E-state index in [0.717, 1.165) is 22.5 Å². The van der Waals surface area contributed by atoms with Gasteiger partial charge in [0.1, 0.15) is 11.5 Å². The van der Waals surface area contributed by atoms with Crippen molar-refractivity contribution in [3.05, 3.63) is 47.5 Å². The zero-order chi connectivity index (χ0) is 12.4. The van der Waals surface area contributed by atoms with Crippen molar-refractivity contribution >= 4 is 11.4 Å². The zero-order valence-corrected chi connectivity index (χ0v) is 9.86. The first-order chi connectivity index (χ1) is 8.08. The number of aromatic hydroxyl groups is 2. The van der Waals surface area contributed by atoms with Crippen molar-refractivity contribution < 1.29 is 10.2 Å². The second-order valence-corrected chi connectivity index (χ2v) is 4.08. The van der Waals surface area contributed by atoms with Crippen LogP contribution >= 0.6 is 0 Å². The number of benzene rings is 2. The average Bonchev–Trinajstić information content (AvgIpc) is 2.33. The van der Waals surface area contributed by atoms with E-state index in [9.17, 15) is 10.2 Å². The van der Waals surface area contributed by atoms with E-state index in [1.807, 2.05) is 26.0 Å². The Morgan fingerprint density at radius 2 is 1.53 bits per heavy atom. The minimum absolute atomic E-state index is 0.235. The van der Waals surface area contributed by atoms with Crippen LogP contribution in [0, 0.1) is 13.8 Å². The second kappa shape index (κ2) is 4.37. The summed E-state index contributed by atoms with van der Waals surface area (Å²) < 4.78 is 0. The van der Waals surface area contributed by atoms with E-state index < -0.39 is 0 Å². The van der Waals surface area contributed by atoms with Crippen LogP contribution in [-0.4, -0.2) is 10.2 Å². The van der Waals surface area contributed by atoms with Gasteiger partial charge in [-0.2, -0.15) is 0 Å². The minimum atomic E-state index is 0.235. The number of anilines is 2. The molecule has 0 aliphatic heterocycles. The fourth-order valence-corrected chi connectivity index (χ4v) is 1.67. The molecule has 0 heterocycles. The van der Waals surface area contributed by atoms with Gasteiger partial charge in [-0.3, -0.25) is 0 Å². The summed E-state index contributed by atoms with van der Waals surface area (Å²) in [7, 11) is 0. The van der Waals surface area contributed by atoms with Crippen LogP contribution in [-0.2, 0) is 0 Å². The summed E-state index contributed by atoms with van der Waals surface area (Å²) in [6.45, 7) is 3.73. The molecule has 0 unspecified atom stereocenters. The normalized spacial score (nSPS) is 10.2. The molecule has 17 heavy (non-hydrogen) atoms. The molecule has 0 fully saturated rings. The minimum Gasteiger partial charge on any atom is -0.508 e. The maximum Gasteiger partial charge on any atom is 0.123 e. The number of hydrogen-bond donors (Lipinski definition) is 3. The molecule has 88 valence electrons. The highest BCUT2D eigenvalue weighted by Crippen LogP contribution is 2.30. The molecule has 0 aliphatic rings. The maximum absolute atomic E-state index is 9.83. The van der Waals surface area contributed by atoms with Crippen LogP contribution in [0.5, 0.6) is 11.5 Å². The van der Waals surface area contributed by atoms with E-state index in [2.05, 4.69) is 5.32 Å². The molecule has 0 bridgehead atoms. The van der Waals surface area contributed by atoms with Gasteiger partial charge in [-0.05, 0) is 49.7 Å². The molecule has 2 rings (SSSR count). The van der Waals surface area contributed by atoms with Gasteiger partial charge in [-0.15, -0.1) is 0 Å². The zero-order valence-electron chi connectivity index (χ0n) is 9.86. The summed E-state index contributed by atoms with van der Waals surface area (Å²) in [4.78, 5) is 0. The molecule has 0 aliphatic carbocycles. The molecular formula is C14H15NO2. The summed E-state index contributed by atoms with van der Waals surface area (Å²) in [5, 5.41) is 22.2.